The third kappa shape index (κ3) is 4.63. The maximum Gasteiger partial charge on any atom is 0.270 e. The molecule has 3 rings (SSSR count). The monoisotopic (exact) mass is 391 g/mol. The van der Waals surface area contributed by atoms with E-state index in [1.54, 1.807) is 54.0 Å². The fourth-order valence-corrected chi connectivity index (χ4v) is 2.93. The predicted molar refractivity (Wildman–Crippen MR) is 106 cm³/mol. The van der Waals surface area contributed by atoms with Crippen molar-refractivity contribution in [3.63, 3.8) is 0 Å². The molecule has 3 aromatic rings. The SMILES string of the molecule is O=C(Nc1ccc(C(C(=O)NO)c2ccccc2)cc1)c1cccc([N+](=O)[O-])c1. The Kier molecular flexibility index (Phi) is 5.96. The molecule has 1 atom stereocenters. The summed E-state index contributed by atoms with van der Waals surface area (Å²) < 4.78 is 0. The molecule has 0 aliphatic carbocycles. The number of nitro benzene ring substituents is 1. The van der Waals surface area contributed by atoms with Crippen molar-refractivity contribution in [1.29, 1.82) is 0 Å². The molecule has 0 fully saturated rings. The number of amides is 2. The topological polar surface area (TPSA) is 122 Å². The molecule has 0 bridgehead atoms. The molecule has 2 amide bonds. The molecule has 0 aromatic heterocycles. The van der Waals surface area contributed by atoms with Crippen molar-refractivity contribution in [1.82, 2.24) is 5.48 Å². The average molecular weight is 391 g/mol. The summed E-state index contributed by atoms with van der Waals surface area (Å²) in [5.74, 6) is -1.79. The Morgan fingerprint density at radius 2 is 1.55 bits per heavy atom. The van der Waals surface area contributed by atoms with Gasteiger partial charge in [0.2, 0.25) is 0 Å². The van der Waals surface area contributed by atoms with E-state index in [0.717, 1.165) is 0 Å². The standard InChI is InChI=1S/C21H17N3O5/c25-20(16-7-4-8-18(13-16)24(28)29)22-17-11-9-15(10-12-17)19(21(26)23-27)14-5-2-1-3-6-14/h1-13,19,27H,(H,22,25)(H,23,26). The van der Waals surface area contributed by atoms with Gasteiger partial charge in [0, 0.05) is 23.4 Å². The van der Waals surface area contributed by atoms with E-state index in [0.29, 0.717) is 16.8 Å². The van der Waals surface area contributed by atoms with Gasteiger partial charge in [-0.1, -0.05) is 48.5 Å². The summed E-state index contributed by atoms with van der Waals surface area (Å²) in [5.41, 5.74) is 3.45. The zero-order chi connectivity index (χ0) is 20.8. The molecule has 3 N–H and O–H groups in total. The van der Waals surface area contributed by atoms with E-state index in [4.69, 9.17) is 5.21 Å². The number of rotatable bonds is 6. The summed E-state index contributed by atoms with van der Waals surface area (Å²) >= 11 is 0. The molecular formula is C21H17N3O5. The first kappa shape index (κ1) is 19.7. The van der Waals surface area contributed by atoms with Crippen molar-refractivity contribution in [3.8, 4) is 0 Å². The number of nitrogens with one attached hydrogen (secondary N) is 2. The number of nitro groups is 1. The number of non-ortho nitro benzene ring substituents is 1. The minimum Gasteiger partial charge on any atom is -0.322 e. The molecule has 0 aliphatic rings. The normalized spacial score (nSPS) is 11.3. The van der Waals surface area contributed by atoms with Gasteiger partial charge in [-0.3, -0.25) is 24.9 Å². The number of carbonyl (C=O) groups excluding carboxylic acids is 2. The number of hydroxylamine groups is 1. The van der Waals surface area contributed by atoms with Crippen LogP contribution in [0.25, 0.3) is 0 Å². The number of nitrogens with zero attached hydrogens (tertiary/aromatic N) is 1. The molecule has 29 heavy (non-hydrogen) atoms. The zero-order valence-corrected chi connectivity index (χ0v) is 15.1. The van der Waals surface area contributed by atoms with Gasteiger partial charge in [-0.2, -0.15) is 0 Å². The molecule has 0 heterocycles. The van der Waals surface area contributed by atoms with Crippen LogP contribution in [0.2, 0.25) is 0 Å². The molecule has 0 saturated heterocycles. The van der Waals surface area contributed by atoms with Crippen molar-refractivity contribution in [2.24, 2.45) is 0 Å². The highest BCUT2D eigenvalue weighted by Crippen LogP contribution is 2.26. The van der Waals surface area contributed by atoms with Crippen LogP contribution in [-0.4, -0.2) is 21.9 Å². The van der Waals surface area contributed by atoms with E-state index in [2.05, 4.69) is 5.32 Å². The van der Waals surface area contributed by atoms with Crippen LogP contribution in [0.4, 0.5) is 11.4 Å². The highest BCUT2D eigenvalue weighted by Gasteiger charge is 2.22. The lowest BCUT2D eigenvalue weighted by atomic mass is 9.90. The van der Waals surface area contributed by atoms with Crippen LogP contribution in [0.5, 0.6) is 0 Å². The summed E-state index contributed by atoms with van der Waals surface area (Å²) in [5, 5.41) is 22.6. The van der Waals surface area contributed by atoms with Gasteiger partial charge in [-0.15, -0.1) is 0 Å². The molecule has 8 nitrogen and oxygen atoms in total. The van der Waals surface area contributed by atoms with Crippen molar-refractivity contribution < 1.29 is 19.7 Å². The summed E-state index contributed by atoms with van der Waals surface area (Å²) in [7, 11) is 0. The third-order valence-corrected chi connectivity index (χ3v) is 4.33. The molecule has 0 radical (unpaired) electrons. The van der Waals surface area contributed by atoms with E-state index in [-0.39, 0.29) is 11.3 Å². The molecule has 0 spiro atoms. The Hall–Kier alpha value is -4.04. The highest BCUT2D eigenvalue weighted by molar-refractivity contribution is 6.04. The van der Waals surface area contributed by atoms with Crippen LogP contribution < -0.4 is 10.8 Å². The fraction of sp³-hybridized carbons (Fsp3) is 0.0476. The Balaban J connectivity index is 1.80. The van der Waals surface area contributed by atoms with Gasteiger partial charge in [0.25, 0.3) is 17.5 Å². The molecule has 1 unspecified atom stereocenters. The molecule has 3 aromatic carbocycles. The first-order chi connectivity index (χ1) is 14.0. The second-order valence-corrected chi connectivity index (χ2v) is 6.20. The van der Waals surface area contributed by atoms with Crippen LogP contribution in [0.15, 0.2) is 78.9 Å². The maximum absolute atomic E-state index is 12.4. The van der Waals surface area contributed by atoms with Gasteiger partial charge in [0.05, 0.1) is 10.8 Å². The van der Waals surface area contributed by atoms with Crippen LogP contribution in [0.3, 0.4) is 0 Å². The molecule has 8 heteroatoms. The largest absolute Gasteiger partial charge is 0.322 e. The van der Waals surface area contributed by atoms with Crippen molar-refractivity contribution in [2.75, 3.05) is 5.32 Å². The summed E-state index contributed by atoms with van der Waals surface area (Å²) in [6, 6.07) is 20.9. The van der Waals surface area contributed by atoms with Crippen molar-refractivity contribution in [2.45, 2.75) is 5.92 Å². The Bertz CT molecular complexity index is 1040. The predicted octanol–water partition coefficient (Wildman–Crippen LogP) is 3.48. The lowest BCUT2D eigenvalue weighted by Crippen LogP contribution is -2.27. The number of benzene rings is 3. The highest BCUT2D eigenvalue weighted by atomic mass is 16.6. The van der Waals surface area contributed by atoms with Gasteiger partial charge in [-0.25, -0.2) is 5.48 Å². The molecule has 146 valence electrons. The van der Waals surface area contributed by atoms with E-state index in [9.17, 15) is 19.7 Å². The van der Waals surface area contributed by atoms with Crippen LogP contribution in [0, 0.1) is 10.1 Å². The first-order valence-electron chi connectivity index (χ1n) is 8.64. The second kappa shape index (κ2) is 8.77. The van der Waals surface area contributed by atoms with Crippen molar-refractivity contribution >= 4 is 23.2 Å². The van der Waals surface area contributed by atoms with Crippen LogP contribution >= 0.6 is 0 Å². The molecule has 0 aliphatic heterocycles. The zero-order valence-electron chi connectivity index (χ0n) is 15.1. The van der Waals surface area contributed by atoms with E-state index in [1.807, 2.05) is 6.07 Å². The smallest absolute Gasteiger partial charge is 0.270 e. The quantitative estimate of drug-likeness (QED) is 0.337. The van der Waals surface area contributed by atoms with E-state index >= 15 is 0 Å². The van der Waals surface area contributed by atoms with Crippen LogP contribution in [0.1, 0.15) is 27.4 Å². The summed E-state index contributed by atoms with van der Waals surface area (Å²) in [6.07, 6.45) is 0. The second-order valence-electron chi connectivity index (χ2n) is 6.20. The number of anilines is 1. The van der Waals surface area contributed by atoms with Crippen molar-refractivity contribution in [3.05, 3.63) is 106 Å². The minimum absolute atomic E-state index is 0.157. The van der Waals surface area contributed by atoms with Gasteiger partial charge in [-0.05, 0) is 29.3 Å². The number of hydrogen-bond acceptors (Lipinski definition) is 5. The summed E-state index contributed by atoms with van der Waals surface area (Å²) in [4.78, 5) is 34.8. The number of carbonyl (C=O) groups is 2. The first-order valence-corrected chi connectivity index (χ1v) is 8.64. The third-order valence-electron chi connectivity index (χ3n) is 4.33. The van der Waals surface area contributed by atoms with Gasteiger partial charge < -0.3 is 5.32 Å². The average Bonchev–Trinajstić information content (AvgIpc) is 2.75. The van der Waals surface area contributed by atoms with E-state index < -0.39 is 22.7 Å². The molecular weight excluding hydrogens is 374 g/mol. The van der Waals surface area contributed by atoms with Gasteiger partial charge >= 0.3 is 0 Å². The van der Waals surface area contributed by atoms with E-state index in [1.165, 1.54) is 24.3 Å². The number of hydrogen-bond donors (Lipinski definition) is 3. The fourth-order valence-electron chi connectivity index (χ4n) is 2.93. The van der Waals surface area contributed by atoms with Gasteiger partial charge in [0.1, 0.15) is 0 Å². The maximum atomic E-state index is 12.4. The van der Waals surface area contributed by atoms with Crippen LogP contribution in [-0.2, 0) is 4.79 Å². The lowest BCUT2D eigenvalue weighted by Gasteiger charge is -2.16. The Morgan fingerprint density at radius 1 is 0.897 bits per heavy atom. The Labute approximate surface area is 165 Å². The lowest BCUT2D eigenvalue weighted by molar-refractivity contribution is -0.384. The summed E-state index contributed by atoms with van der Waals surface area (Å²) in [6.45, 7) is 0. The van der Waals surface area contributed by atoms with Gasteiger partial charge in [0.15, 0.2) is 0 Å². The molecule has 0 saturated carbocycles. The Morgan fingerprint density at radius 3 is 2.17 bits per heavy atom. The minimum atomic E-state index is -0.720.